The molecule has 0 amide bonds. The van der Waals surface area contributed by atoms with Crippen molar-refractivity contribution in [1.29, 1.82) is 0 Å². The van der Waals surface area contributed by atoms with E-state index in [4.69, 9.17) is 0 Å². The minimum absolute atomic E-state index is 0.398. The average molecular weight is 152 g/mol. The molecule has 0 aliphatic heterocycles. The molecule has 1 aromatic rings. The van der Waals surface area contributed by atoms with Crippen LogP contribution in [-0.2, 0) is 4.84 Å². The van der Waals surface area contributed by atoms with Crippen LogP contribution in [-0.4, -0.2) is 13.3 Å². The molecular formula is C8H7FNO. The van der Waals surface area contributed by atoms with E-state index >= 15 is 0 Å². The monoisotopic (exact) mass is 152 g/mol. The number of hydrogen-bond acceptors (Lipinski definition) is 2. The molecule has 0 atom stereocenters. The Morgan fingerprint density at radius 2 is 2.55 bits per heavy atom. The molecule has 1 aromatic carbocycles. The van der Waals surface area contributed by atoms with Crippen molar-refractivity contribution in [2.75, 3.05) is 7.11 Å². The van der Waals surface area contributed by atoms with Gasteiger partial charge in [0, 0.05) is 6.07 Å². The van der Waals surface area contributed by atoms with E-state index in [9.17, 15) is 4.39 Å². The van der Waals surface area contributed by atoms with Crippen molar-refractivity contribution < 1.29 is 9.23 Å². The van der Waals surface area contributed by atoms with Crippen LogP contribution in [0.15, 0.2) is 23.4 Å². The summed E-state index contributed by atoms with van der Waals surface area (Å²) in [6, 6.07) is 6.88. The predicted molar refractivity (Wildman–Crippen MR) is 39.8 cm³/mol. The molecule has 0 saturated heterocycles. The summed E-state index contributed by atoms with van der Waals surface area (Å²) < 4.78 is 12.4. The molecule has 1 radical (unpaired) electrons. The van der Waals surface area contributed by atoms with Gasteiger partial charge in [0.2, 0.25) is 0 Å². The molecule has 1 rings (SSSR count). The second-order valence-electron chi connectivity index (χ2n) is 1.89. The Kier molecular flexibility index (Phi) is 2.60. The van der Waals surface area contributed by atoms with Gasteiger partial charge in [0.15, 0.2) is 0 Å². The maximum atomic E-state index is 12.4. The van der Waals surface area contributed by atoms with Crippen molar-refractivity contribution >= 4 is 6.21 Å². The largest absolute Gasteiger partial charge is 0.399 e. The molecule has 0 aliphatic rings. The van der Waals surface area contributed by atoms with Crippen LogP contribution >= 0.6 is 0 Å². The van der Waals surface area contributed by atoms with E-state index in [0.29, 0.717) is 5.56 Å². The smallest absolute Gasteiger partial charge is 0.131 e. The molecule has 0 aliphatic carbocycles. The third kappa shape index (κ3) is 2.37. The van der Waals surface area contributed by atoms with E-state index < -0.39 is 5.82 Å². The highest BCUT2D eigenvalue weighted by molar-refractivity contribution is 5.78. The Morgan fingerprint density at radius 1 is 1.73 bits per heavy atom. The molecule has 0 N–H and O–H groups in total. The summed E-state index contributed by atoms with van der Waals surface area (Å²) in [5, 5.41) is 3.48. The standard InChI is InChI=1S/C8H7FNO/c1-11-10-6-7-3-2-4-8(9)5-7/h2-3,5-6H,1H3. The number of rotatable bonds is 2. The van der Waals surface area contributed by atoms with Crippen molar-refractivity contribution in [2.45, 2.75) is 0 Å². The van der Waals surface area contributed by atoms with Gasteiger partial charge in [-0.25, -0.2) is 4.39 Å². The van der Waals surface area contributed by atoms with Gasteiger partial charge >= 0.3 is 0 Å². The highest BCUT2D eigenvalue weighted by Crippen LogP contribution is 1.99. The highest BCUT2D eigenvalue weighted by Gasteiger charge is 1.90. The Hall–Kier alpha value is -1.38. The van der Waals surface area contributed by atoms with Crippen molar-refractivity contribution in [3.63, 3.8) is 0 Å². The molecule has 3 heteroatoms. The Balaban J connectivity index is 2.79. The van der Waals surface area contributed by atoms with E-state index in [-0.39, 0.29) is 0 Å². The molecule has 11 heavy (non-hydrogen) atoms. The van der Waals surface area contributed by atoms with Crippen LogP contribution in [0.2, 0.25) is 0 Å². The molecule has 0 spiro atoms. The normalized spacial score (nSPS) is 10.4. The minimum Gasteiger partial charge on any atom is -0.399 e. The number of benzene rings is 1. The fraction of sp³-hybridized carbons (Fsp3) is 0.125. The summed E-state index contributed by atoms with van der Waals surface area (Å²) in [6.45, 7) is 0. The van der Waals surface area contributed by atoms with Crippen molar-refractivity contribution in [1.82, 2.24) is 0 Å². The van der Waals surface area contributed by atoms with Crippen molar-refractivity contribution in [3.05, 3.63) is 35.6 Å². The van der Waals surface area contributed by atoms with Crippen molar-refractivity contribution in [3.8, 4) is 0 Å². The van der Waals surface area contributed by atoms with Crippen molar-refractivity contribution in [2.24, 2.45) is 5.16 Å². The van der Waals surface area contributed by atoms with E-state index in [1.54, 1.807) is 6.07 Å². The van der Waals surface area contributed by atoms with Gasteiger partial charge in [0.25, 0.3) is 0 Å². The molecular weight excluding hydrogens is 145 g/mol. The van der Waals surface area contributed by atoms with Gasteiger partial charge in [-0.2, -0.15) is 0 Å². The van der Waals surface area contributed by atoms with Gasteiger partial charge in [0.1, 0.15) is 12.9 Å². The first-order chi connectivity index (χ1) is 5.33. The second kappa shape index (κ2) is 3.71. The Labute approximate surface area is 64.3 Å². The zero-order valence-electron chi connectivity index (χ0n) is 6.04. The van der Waals surface area contributed by atoms with Crippen LogP contribution in [0, 0.1) is 11.9 Å². The lowest BCUT2D eigenvalue weighted by Gasteiger charge is -1.90. The van der Waals surface area contributed by atoms with E-state index in [2.05, 4.69) is 16.1 Å². The van der Waals surface area contributed by atoms with Crippen LogP contribution < -0.4 is 0 Å². The van der Waals surface area contributed by atoms with Crippen LogP contribution in [0.5, 0.6) is 0 Å². The van der Waals surface area contributed by atoms with E-state index in [0.717, 1.165) is 0 Å². The number of nitrogens with zero attached hydrogens (tertiary/aromatic N) is 1. The first kappa shape index (κ1) is 7.72. The summed E-state index contributed by atoms with van der Waals surface area (Å²) in [5.74, 6) is -0.398. The number of oxime groups is 1. The summed E-state index contributed by atoms with van der Waals surface area (Å²) >= 11 is 0. The van der Waals surface area contributed by atoms with E-state index in [1.807, 2.05) is 0 Å². The van der Waals surface area contributed by atoms with E-state index in [1.165, 1.54) is 25.5 Å². The molecule has 0 bridgehead atoms. The summed E-state index contributed by atoms with van der Waals surface area (Å²) in [6.07, 6.45) is 1.43. The molecule has 0 aromatic heterocycles. The minimum atomic E-state index is -0.398. The van der Waals surface area contributed by atoms with Gasteiger partial charge in [-0.1, -0.05) is 17.3 Å². The first-order valence-electron chi connectivity index (χ1n) is 3.06. The second-order valence-corrected chi connectivity index (χ2v) is 1.89. The Bertz CT molecular complexity index is 260. The lowest BCUT2D eigenvalue weighted by molar-refractivity contribution is 0.215. The van der Waals surface area contributed by atoms with Gasteiger partial charge < -0.3 is 4.84 Å². The highest BCUT2D eigenvalue weighted by atomic mass is 19.1. The summed E-state index contributed by atoms with van der Waals surface area (Å²) in [4.78, 5) is 4.42. The summed E-state index contributed by atoms with van der Waals surface area (Å²) in [7, 11) is 1.43. The molecule has 0 fully saturated rings. The zero-order valence-corrected chi connectivity index (χ0v) is 6.04. The van der Waals surface area contributed by atoms with Gasteiger partial charge in [-0.15, -0.1) is 0 Å². The van der Waals surface area contributed by atoms with Gasteiger partial charge in [-0.05, 0) is 11.6 Å². The molecule has 0 unspecified atom stereocenters. The maximum Gasteiger partial charge on any atom is 0.131 e. The third-order valence-corrected chi connectivity index (χ3v) is 1.10. The first-order valence-corrected chi connectivity index (χ1v) is 3.06. The van der Waals surface area contributed by atoms with Crippen LogP contribution in [0.3, 0.4) is 0 Å². The number of halogens is 1. The SMILES string of the molecule is CON=Cc1cc[c]c(F)c1. The summed E-state index contributed by atoms with van der Waals surface area (Å²) in [5.41, 5.74) is 0.656. The Morgan fingerprint density at radius 3 is 3.18 bits per heavy atom. The van der Waals surface area contributed by atoms with Gasteiger partial charge in [-0.3, -0.25) is 0 Å². The lowest BCUT2D eigenvalue weighted by Crippen LogP contribution is -1.83. The number of hydrogen-bond donors (Lipinski definition) is 0. The zero-order chi connectivity index (χ0) is 8.10. The van der Waals surface area contributed by atoms with Crippen LogP contribution in [0.25, 0.3) is 0 Å². The third-order valence-electron chi connectivity index (χ3n) is 1.10. The topological polar surface area (TPSA) is 21.6 Å². The molecule has 57 valence electrons. The van der Waals surface area contributed by atoms with Crippen LogP contribution in [0.4, 0.5) is 4.39 Å². The molecule has 0 saturated carbocycles. The molecule has 0 heterocycles. The van der Waals surface area contributed by atoms with Gasteiger partial charge in [0.05, 0.1) is 6.21 Å². The molecule has 2 nitrogen and oxygen atoms in total. The quantitative estimate of drug-likeness (QED) is 0.466. The average Bonchev–Trinajstić information content (AvgIpc) is 2.01. The van der Waals surface area contributed by atoms with Crippen LogP contribution in [0.1, 0.15) is 5.56 Å². The predicted octanol–water partition coefficient (Wildman–Crippen LogP) is 1.61. The fourth-order valence-corrected chi connectivity index (χ4v) is 0.647. The maximum absolute atomic E-state index is 12.4. The lowest BCUT2D eigenvalue weighted by atomic mass is 10.2. The fourth-order valence-electron chi connectivity index (χ4n) is 0.647.